The first-order valence-corrected chi connectivity index (χ1v) is 18.4. The van der Waals surface area contributed by atoms with Crippen LogP contribution in [-0.2, 0) is 26.2 Å². The molecule has 4 bridgehead atoms. The Labute approximate surface area is 287 Å². The van der Waals surface area contributed by atoms with Crippen LogP contribution in [0.4, 0.5) is 4.79 Å². The first-order chi connectivity index (χ1) is 22.7. The lowest BCUT2D eigenvalue weighted by molar-refractivity contribution is -0.159. The van der Waals surface area contributed by atoms with Crippen LogP contribution in [0.3, 0.4) is 0 Å². The minimum atomic E-state index is -0.534. The van der Waals surface area contributed by atoms with Gasteiger partial charge >= 0.3 is 6.09 Å². The van der Waals surface area contributed by atoms with Gasteiger partial charge in [0, 0.05) is 37.2 Å². The Morgan fingerprint density at radius 1 is 1.04 bits per heavy atom. The van der Waals surface area contributed by atoms with E-state index in [4.69, 9.17) is 23.7 Å². The van der Waals surface area contributed by atoms with Gasteiger partial charge in [-0.15, -0.1) is 0 Å². The van der Waals surface area contributed by atoms with Crippen LogP contribution in [0.5, 0.6) is 11.5 Å². The van der Waals surface area contributed by atoms with Crippen LogP contribution in [-0.4, -0.2) is 97.5 Å². The lowest BCUT2D eigenvalue weighted by atomic mass is 9.42. The summed E-state index contributed by atoms with van der Waals surface area (Å²) in [7, 11) is 1.69. The zero-order valence-corrected chi connectivity index (χ0v) is 30.1. The number of aliphatic hydroxyl groups is 1. The number of nitrogens with zero attached hydrogens (tertiary/aromatic N) is 2. The van der Waals surface area contributed by atoms with E-state index in [0.29, 0.717) is 56.1 Å². The van der Waals surface area contributed by atoms with Crippen LogP contribution < -0.4 is 9.47 Å². The predicted octanol–water partition coefficient (Wildman–Crippen LogP) is 6.24. The molecule has 0 aromatic heterocycles. The summed E-state index contributed by atoms with van der Waals surface area (Å²) in [6.07, 6.45) is 11.9. The molecule has 8 rings (SSSR count). The first-order valence-electron chi connectivity index (χ1n) is 18.4. The average Bonchev–Trinajstić information content (AvgIpc) is 3.21. The molecular weight excluding hydrogens is 608 g/mol. The van der Waals surface area contributed by atoms with E-state index < -0.39 is 11.7 Å². The van der Waals surface area contributed by atoms with Crippen molar-refractivity contribution in [1.29, 1.82) is 0 Å². The predicted molar refractivity (Wildman–Crippen MR) is 183 cm³/mol. The Balaban J connectivity index is 0.908. The lowest BCUT2D eigenvalue weighted by Crippen LogP contribution is -2.67. The van der Waals surface area contributed by atoms with Gasteiger partial charge in [-0.3, -0.25) is 4.90 Å². The van der Waals surface area contributed by atoms with Crippen molar-refractivity contribution < 1.29 is 33.6 Å². The first kappa shape index (κ1) is 34.1. The highest BCUT2D eigenvalue weighted by atomic mass is 16.6. The normalized spacial score (nSPS) is 36.3. The number of carbonyl (C=O) groups excluding carboxylic acids is 1. The average molecular weight is 667 g/mol. The van der Waals surface area contributed by atoms with Gasteiger partial charge in [-0.05, 0) is 101 Å². The van der Waals surface area contributed by atoms with E-state index in [9.17, 15) is 9.90 Å². The fraction of sp³-hybridized carbons (Fsp3) is 0.769. The fourth-order valence-electron chi connectivity index (χ4n) is 11.4. The Hall–Kier alpha value is -2.33. The monoisotopic (exact) mass is 666 g/mol. The number of ether oxygens (including phenoxy) is 5. The largest absolute Gasteiger partial charge is 0.493 e. The molecule has 0 radical (unpaired) electrons. The molecule has 1 aromatic rings. The van der Waals surface area contributed by atoms with Crippen molar-refractivity contribution in [3.8, 4) is 11.5 Å². The summed E-state index contributed by atoms with van der Waals surface area (Å²) < 4.78 is 30.3. The number of methoxy groups -OCH3 is 1. The number of benzene rings is 1. The number of aliphatic hydroxyl groups excluding tert-OH is 1. The molecule has 7 aliphatic rings. The summed E-state index contributed by atoms with van der Waals surface area (Å²) in [6, 6.07) is 4.17. The second-order valence-corrected chi connectivity index (χ2v) is 17.7. The van der Waals surface area contributed by atoms with Crippen molar-refractivity contribution in [2.45, 2.75) is 121 Å². The van der Waals surface area contributed by atoms with Gasteiger partial charge in [-0.1, -0.05) is 32.1 Å². The van der Waals surface area contributed by atoms with E-state index in [0.717, 1.165) is 56.8 Å². The minimum absolute atomic E-state index is 0.0868. The van der Waals surface area contributed by atoms with Gasteiger partial charge < -0.3 is 33.7 Å². The molecule has 5 unspecified atom stereocenters. The highest BCUT2D eigenvalue weighted by molar-refractivity contribution is 5.69. The summed E-state index contributed by atoms with van der Waals surface area (Å²) in [5.41, 5.74) is 2.18. The molecule has 1 aromatic carbocycles. The van der Waals surface area contributed by atoms with Crippen molar-refractivity contribution in [3.63, 3.8) is 0 Å². The third kappa shape index (κ3) is 6.38. The van der Waals surface area contributed by atoms with Crippen LogP contribution in [0, 0.1) is 16.7 Å². The molecule has 1 N–H and O–H groups in total. The van der Waals surface area contributed by atoms with E-state index in [2.05, 4.69) is 35.8 Å². The molecule has 5 atom stereocenters. The van der Waals surface area contributed by atoms with Crippen molar-refractivity contribution in [3.05, 3.63) is 35.4 Å². The van der Waals surface area contributed by atoms with Gasteiger partial charge in [-0.2, -0.15) is 0 Å². The van der Waals surface area contributed by atoms with Gasteiger partial charge in [0.1, 0.15) is 11.7 Å². The molecule has 1 amide bonds. The molecule has 1 spiro atoms. The summed E-state index contributed by atoms with van der Waals surface area (Å²) in [6.45, 7) is 16.0. The summed E-state index contributed by atoms with van der Waals surface area (Å²) in [4.78, 5) is 18.2. The summed E-state index contributed by atoms with van der Waals surface area (Å²) in [5, 5.41) is 10.4. The quantitative estimate of drug-likeness (QED) is 0.219. The van der Waals surface area contributed by atoms with E-state index in [1.54, 1.807) is 7.11 Å². The number of rotatable bonds is 11. The lowest BCUT2D eigenvalue weighted by Gasteiger charge is -2.67. The van der Waals surface area contributed by atoms with E-state index >= 15 is 0 Å². The Morgan fingerprint density at radius 2 is 1.77 bits per heavy atom. The molecular formula is C39H58N2O7. The van der Waals surface area contributed by atoms with Crippen molar-refractivity contribution >= 4 is 6.09 Å². The number of hydrogen-bond donors (Lipinski definition) is 1. The van der Waals surface area contributed by atoms with E-state index in [1.807, 2.05) is 32.9 Å². The summed E-state index contributed by atoms with van der Waals surface area (Å²) in [5.74, 6) is 2.29. The molecule has 266 valence electrons. The Bertz CT molecular complexity index is 1390. The smallest absolute Gasteiger partial charge is 0.410 e. The highest BCUT2D eigenvalue weighted by Crippen LogP contribution is 2.67. The maximum Gasteiger partial charge on any atom is 0.410 e. The zero-order valence-electron chi connectivity index (χ0n) is 30.1. The number of amides is 1. The van der Waals surface area contributed by atoms with Crippen LogP contribution >= 0.6 is 0 Å². The summed E-state index contributed by atoms with van der Waals surface area (Å²) >= 11 is 0. The third-order valence-corrected chi connectivity index (χ3v) is 12.2. The van der Waals surface area contributed by atoms with Gasteiger partial charge in [-0.25, -0.2) is 4.79 Å². The maximum absolute atomic E-state index is 13.7. The van der Waals surface area contributed by atoms with Crippen LogP contribution in [0.1, 0.15) is 97.1 Å². The standard InChI is InChI=1S/C39H58N2O7/c1-35(2,3)48-34(43)41(38-22-27-20-36(4,25-38)24-37(5,21-27)26-38)14-16-46-18-17-45-15-13-40-12-11-39-10-9-29(42)19-31(39)47-33-30(44-6)8-7-28(23-40)32(33)39/h7-10,27,29,31,42H,11-26H2,1-6H3. The van der Waals surface area contributed by atoms with Crippen LogP contribution in [0.2, 0.25) is 0 Å². The van der Waals surface area contributed by atoms with Crippen molar-refractivity contribution in [2.75, 3.05) is 53.2 Å². The van der Waals surface area contributed by atoms with Gasteiger partial charge in [0.25, 0.3) is 0 Å². The molecule has 48 heavy (non-hydrogen) atoms. The molecule has 2 heterocycles. The Morgan fingerprint density at radius 3 is 2.46 bits per heavy atom. The van der Waals surface area contributed by atoms with Gasteiger partial charge in [0.05, 0.1) is 45.1 Å². The number of hydrogen-bond acceptors (Lipinski definition) is 8. The molecule has 4 fully saturated rings. The maximum atomic E-state index is 13.7. The fourth-order valence-corrected chi connectivity index (χ4v) is 11.4. The van der Waals surface area contributed by atoms with Crippen molar-refractivity contribution in [2.24, 2.45) is 16.7 Å². The molecule has 4 saturated carbocycles. The zero-order chi connectivity index (χ0) is 34.0. The highest BCUT2D eigenvalue weighted by Gasteiger charge is 2.63. The van der Waals surface area contributed by atoms with Gasteiger partial charge in [0.2, 0.25) is 0 Å². The minimum Gasteiger partial charge on any atom is -0.493 e. The second kappa shape index (κ2) is 12.5. The molecule has 2 aliphatic heterocycles. The molecule has 9 heteroatoms. The molecule has 0 saturated heterocycles. The molecule has 9 nitrogen and oxygen atoms in total. The SMILES string of the molecule is COc1ccc2c3c1OC1CC(O)C=CC31CCN(CCOCCOCCN(C(=O)OC(C)(C)C)C13CC4CC(C)(CC(C)(C4)C1)C3)C2. The number of carbonyl (C=O) groups is 1. The van der Waals surface area contributed by atoms with Crippen LogP contribution in [0.15, 0.2) is 24.3 Å². The second-order valence-electron chi connectivity index (χ2n) is 17.7. The molecule has 5 aliphatic carbocycles. The van der Waals surface area contributed by atoms with E-state index in [1.165, 1.54) is 30.4 Å². The van der Waals surface area contributed by atoms with Crippen LogP contribution in [0.25, 0.3) is 0 Å². The van der Waals surface area contributed by atoms with Gasteiger partial charge in [0.15, 0.2) is 11.5 Å². The Kier molecular flexibility index (Phi) is 8.86. The van der Waals surface area contributed by atoms with Crippen molar-refractivity contribution in [1.82, 2.24) is 9.80 Å². The topological polar surface area (TPSA) is 89.9 Å². The van der Waals surface area contributed by atoms with E-state index in [-0.39, 0.29) is 23.2 Å². The third-order valence-electron chi connectivity index (χ3n) is 12.2.